The summed E-state index contributed by atoms with van der Waals surface area (Å²) in [7, 11) is 0. The molecule has 0 saturated heterocycles. The highest BCUT2D eigenvalue weighted by Crippen LogP contribution is 1.97. The summed E-state index contributed by atoms with van der Waals surface area (Å²) in [6.45, 7) is 0. The van der Waals surface area contributed by atoms with Crippen LogP contribution in [0.15, 0.2) is 30.3 Å². The van der Waals surface area contributed by atoms with Crippen LogP contribution in [0, 0.1) is 0 Å². The zero-order valence-corrected chi connectivity index (χ0v) is 7.60. The summed E-state index contributed by atoms with van der Waals surface area (Å²) < 4.78 is 0. The largest absolute Gasteiger partial charge is 0.301 e. The highest BCUT2D eigenvalue weighted by molar-refractivity contribution is 7.80. The molecule has 0 fully saturated rings. The first-order valence-corrected chi connectivity index (χ1v) is 4.02. The van der Waals surface area contributed by atoms with Gasteiger partial charge in [0.25, 0.3) is 5.91 Å². The van der Waals surface area contributed by atoms with E-state index in [0.29, 0.717) is 5.56 Å². The standard InChI is InChI=1S/C8H9N3OS/c9-11-8(13)10-7(12)6-4-2-1-3-5-6/h1-5H,9H2,(H2,10,11,12,13). The lowest BCUT2D eigenvalue weighted by Crippen LogP contribution is -2.42. The number of carbonyl (C=O) groups excluding carboxylic acids is 1. The number of hydrogen-bond acceptors (Lipinski definition) is 3. The quantitative estimate of drug-likeness (QED) is 0.339. The van der Waals surface area contributed by atoms with Crippen molar-refractivity contribution in [2.45, 2.75) is 0 Å². The Morgan fingerprint density at radius 3 is 2.46 bits per heavy atom. The third kappa shape index (κ3) is 2.81. The minimum Gasteiger partial charge on any atom is -0.301 e. The summed E-state index contributed by atoms with van der Waals surface area (Å²) >= 11 is 4.66. The average molecular weight is 195 g/mol. The number of benzene rings is 1. The second-order valence-electron chi connectivity index (χ2n) is 2.29. The molecule has 0 bridgehead atoms. The fourth-order valence-electron chi connectivity index (χ4n) is 0.801. The SMILES string of the molecule is NNC(=S)NC(=O)c1ccccc1. The molecule has 5 heteroatoms. The molecular formula is C8H9N3OS. The van der Waals surface area contributed by atoms with Crippen molar-refractivity contribution >= 4 is 23.2 Å². The van der Waals surface area contributed by atoms with E-state index in [1.165, 1.54) is 0 Å². The highest BCUT2D eigenvalue weighted by Gasteiger charge is 2.04. The van der Waals surface area contributed by atoms with Crippen LogP contribution in [0.1, 0.15) is 10.4 Å². The molecule has 0 unspecified atom stereocenters. The van der Waals surface area contributed by atoms with E-state index in [9.17, 15) is 4.79 Å². The molecule has 0 radical (unpaired) electrons. The number of rotatable bonds is 1. The van der Waals surface area contributed by atoms with Crippen molar-refractivity contribution in [1.29, 1.82) is 0 Å². The molecule has 0 spiro atoms. The first-order valence-electron chi connectivity index (χ1n) is 3.61. The Morgan fingerprint density at radius 2 is 1.92 bits per heavy atom. The second-order valence-corrected chi connectivity index (χ2v) is 2.70. The third-order valence-electron chi connectivity index (χ3n) is 1.39. The Bertz CT molecular complexity index is 312. The van der Waals surface area contributed by atoms with E-state index < -0.39 is 0 Å². The molecule has 13 heavy (non-hydrogen) atoms. The number of carbonyl (C=O) groups is 1. The number of hydrazine groups is 1. The molecule has 1 aromatic carbocycles. The topological polar surface area (TPSA) is 67.2 Å². The van der Waals surface area contributed by atoms with Gasteiger partial charge in [0.1, 0.15) is 0 Å². The van der Waals surface area contributed by atoms with Crippen LogP contribution in [-0.2, 0) is 0 Å². The summed E-state index contributed by atoms with van der Waals surface area (Å²) in [5.74, 6) is 4.72. The Balaban J connectivity index is 2.65. The maximum atomic E-state index is 11.3. The molecule has 0 saturated carbocycles. The van der Waals surface area contributed by atoms with Gasteiger partial charge in [-0.15, -0.1) is 0 Å². The van der Waals surface area contributed by atoms with Crippen molar-refractivity contribution in [2.75, 3.05) is 0 Å². The summed E-state index contributed by atoms with van der Waals surface area (Å²) in [5, 5.41) is 2.51. The Morgan fingerprint density at radius 1 is 1.31 bits per heavy atom. The molecule has 4 N–H and O–H groups in total. The Hall–Kier alpha value is -1.46. The van der Waals surface area contributed by atoms with Crippen molar-refractivity contribution in [2.24, 2.45) is 5.84 Å². The lowest BCUT2D eigenvalue weighted by Gasteiger charge is -2.04. The van der Waals surface area contributed by atoms with Crippen LogP contribution >= 0.6 is 12.2 Å². The predicted octanol–water partition coefficient (Wildman–Crippen LogP) is 0.165. The molecule has 4 nitrogen and oxygen atoms in total. The molecule has 0 atom stereocenters. The number of thiocarbonyl (C=S) groups is 1. The molecule has 68 valence electrons. The first kappa shape index (κ1) is 9.63. The number of amides is 1. The minimum absolute atomic E-state index is 0.105. The van der Waals surface area contributed by atoms with Gasteiger partial charge in [-0.2, -0.15) is 0 Å². The molecular weight excluding hydrogens is 186 g/mol. The van der Waals surface area contributed by atoms with Gasteiger partial charge in [0.2, 0.25) is 0 Å². The van der Waals surface area contributed by atoms with Crippen LogP contribution in [-0.4, -0.2) is 11.0 Å². The van der Waals surface area contributed by atoms with Crippen molar-refractivity contribution < 1.29 is 4.79 Å². The van der Waals surface area contributed by atoms with Crippen LogP contribution in [0.4, 0.5) is 0 Å². The molecule has 0 aliphatic heterocycles. The van der Waals surface area contributed by atoms with Crippen molar-refractivity contribution in [1.82, 2.24) is 10.7 Å². The Labute approximate surface area is 81.1 Å². The third-order valence-corrected chi connectivity index (χ3v) is 1.61. The van der Waals surface area contributed by atoms with E-state index in [1.54, 1.807) is 24.3 Å². The number of nitrogens with one attached hydrogen (secondary N) is 2. The monoisotopic (exact) mass is 195 g/mol. The molecule has 0 aliphatic carbocycles. The maximum absolute atomic E-state index is 11.3. The van der Waals surface area contributed by atoms with Crippen LogP contribution < -0.4 is 16.6 Å². The molecule has 1 rings (SSSR count). The second kappa shape index (κ2) is 4.54. The van der Waals surface area contributed by atoms with Gasteiger partial charge in [-0.05, 0) is 24.4 Å². The summed E-state index contributed by atoms with van der Waals surface area (Å²) in [5.41, 5.74) is 2.71. The molecule has 1 aromatic rings. The van der Waals surface area contributed by atoms with E-state index in [2.05, 4.69) is 23.0 Å². The number of nitrogens with two attached hydrogens (primary N) is 1. The summed E-state index contributed by atoms with van der Waals surface area (Å²) in [4.78, 5) is 11.3. The first-order chi connectivity index (χ1) is 6.24. The van der Waals surface area contributed by atoms with Crippen LogP contribution in [0.3, 0.4) is 0 Å². The van der Waals surface area contributed by atoms with Crippen LogP contribution in [0.2, 0.25) is 0 Å². The van der Waals surface area contributed by atoms with E-state index in [-0.39, 0.29) is 11.0 Å². The molecule has 0 heterocycles. The van der Waals surface area contributed by atoms with E-state index in [0.717, 1.165) is 0 Å². The van der Waals surface area contributed by atoms with Gasteiger partial charge < -0.3 is 5.43 Å². The zero-order chi connectivity index (χ0) is 9.68. The molecule has 0 aliphatic rings. The van der Waals surface area contributed by atoms with Crippen molar-refractivity contribution in [3.63, 3.8) is 0 Å². The molecule has 0 aromatic heterocycles. The average Bonchev–Trinajstić information content (AvgIpc) is 2.19. The lowest BCUT2D eigenvalue weighted by atomic mass is 10.2. The van der Waals surface area contributed by atoms with Gasteiger partial charge in [0, 0.05) is 5.56 Å². The normalized spacial score (nSPS) is 9.00. The van der Waals surface area contributed by atoms with E-state index in [4.69, 9.17) is 5.84 Å². The fraction of sp³-hybridized carbons (Fsp3) is 0. The fourth-order valence-corrected chi connectivity index (χ4v) is 0.894. The summed E-state index contributed by atoms with van der Waals surface area (Å²) in [6.07, 6.45) is 0. The van der Waals surface area contributed by atoms with Crippen molar-refractivity contribution in [3.05, 3.63) is 35.9 Å². The molecule has 1 amide bonds. The van der Waals surface area contributed by atoms with Gasteiger partial charge in [0.15, 0.2) is 5.11 Å². The predicted molar refractivity (Wildman–Crippen MR) is 53.8 cm³/mol. The summed E-state index contributed by atoms with van der Waals surface area (Å²) in [6, 6.07) is 8.75. The van der Waals surface area contributed by atoms with Gasteiger partial charge in [0.05, 0.1) is 0 Å². The smallest absolute Gasteiger partial charge is 0.257 e. The van der Waals surface area contributed by atoms with Gasteiger partial charge in [-0.3, -0.25) is 10.1 Å². The van der Waals surface area contributed by atoms with Gasteiger partial charge >= 0.3 is 0 Å². The van der Waals surface area contributed by atoms with Crippen molar-refractivity contribution in [3.8, 4) is 0 Å². The van der Waals surface area contributed by atoms with Crippen LogP contribution in [0.5, 0.6) is 0 Å². The maximum Gasteiger partial charge on any atom is 0.257 e. The van der Waals surface area contributed by atoms with E-state index >= 15 is 0 Å². The van der Waals surface area contributed by atoms with Gasteiger partial charge in [-0.1, -0.05) is 18.2 Å². The lowest BCUT2D eigenvalue weighted by molar-refractivity contribution is 0.0976. The van der Waals surface area contributed by atoms with E-state index in [1.807, 2.05) is 6.07 Å². The minimum atomic E-state index is -0.274. The Kier molecular flexibility index (Phi) is 3.36. The highest BCUT2D eigenvalue weighted by atomic mass is 32.1. The van der Waals surface area contributed by atoms with Gasteiger partial charge in [-0.25, -0.2) is 5.84 Å². The number of hydrogen-bond donors (Lipinski definition) is 3. The van der Waals surface area contributed by atoms with Crippen LogP contribution in [0.25, 0.3) is 0 Å². The zero-order valence-electron chi connectivity index (χ0n) is 6.78.